The van der Waals surface area contributed by atoms with E-state index in [1.165, 1.54) is 6.92 Å². The van der Waals surface area contributed by atoms with Crippen LogP contribution >= 0.6 is 11.3 Å². The number of rotatable bonds is 3. The molecule has 0 aromatic carbocycles. The maximum absolute atomic E-state index is 13.2. The van der Waals surface area contributed by atoms with Gasteiger partial charge >= 0.3 is 18.3 Å². The first-order chi connectivity index (χ1) is 10.6. The Balaban J connectivity index is 2.55. The molecule has 5 nitrogen and oxygen atoms in total. The molecule has 0 amide bonds. The van der Waals surface area contributed by atoms with E-state index in [0.717, 1.165) is 0 Å². The van der Waals surface area contributed by atoms with Crippen molar-refractivity contribution in [3.05, 3.63) is 28.5 Å². The second kappa shape index (κ2) is 5.83. The van der Waals surface area contributed by atoms with Gasteiger partial charge in [-0.05, 0) is 6.92 Å². The lowest BCUT2D eigenvalue weighted by atomic mass is 10.2. The number of carbonyl (C=O) groups is 1. The number of nitrogens with zero attached hydrogens (tertiary/aromatic N) is 3. The summed E-state index contributed by atoms with van der Waals surface area (Å²) in [7, 11) is 0. The lowest BCUT2D eigenvalue weighted by Gasteiger charge is -2.10. The highest BCUT2D eigenvalue weighted by molar-refractivity contribution is 7.12. The molecule has 0 atom stereocenters. The minimum Gasteiger partial charge on any atom is -0.462 e. The molecule has 2 aromatic rings. The molecular weight excluding hydrogens is 352 g/mol. The number of hydrogen-bond donors (Lipinski definition) is 0. The number of thiazole rings is 1. The predicted molar refractivity (Wildman–Crippen MR) is 65.2 cm³/mol. The third kappa shape index (κ3) is 3.46. The second-order valence-corrected chi connectivity index (χ2v) is 4.89. The van der Waals surface area contributed by atoms with Gasteiger partial charge in [-0.25, -0.2) is 14.5 Å². The molecule has 0 aliphatic heterocycles. The van der Waals surface area contributed by atoms with E-state index < -0.39 is 40.4 Å². The lowest BCUT2D eigenvalue weighted by molar-refractivity contribution is -0.143. The van der Waals surface area contributed by atoms with Crippen molar-refractivity contribution in [3.63, 3.8) is 0 Å². The van der Waals surface area contributed by atoms with Gasteiger partial charge in [-0.2, -0.15) is 31.4 Å². The SMILES string of the molecule is CCOC(=O)c1cnn(-c2nc(C(F)(F)F)cs2)c1C(F)(F)F. The molecule has 0 fully saturated rings. The first-order valence-electron chi connectivity index (χ1n) is 5.91. The van der Waals surface area contributed by atoms with Gasteiger partial charge in [0.1, 0.15) is 5.56 Å². The van der Waals surface area contributed by atoms with Crippen LogP contribution in [0.15, 0.2) is 11.6 Å². The highest BCUT2D eigenvalue weighted by Crippen LogP contribution is 2.36. The minimum absolute atomic E-state index is 0.145. The largest absolute Gasteiger partial charge is 0.462 e. The zero-order chi connectivity index (χ0) is 17.4. The van der Waals surface area contributed by atoms with E-state index >= 15 is 0 Å². The van der Waals surface area contributed by atoms with Crippen molar-refractivity contribution in [2.24, 2.45) is 0 Å². The van der Waals surface area contributed by atoms with Crippen LogP contribution in [0.3, 0.4) is 0 Å². The highest BCUT2D eigenvalue weighted by atomic mass is 32.1. The van der Waals surface area contributed by atoms with Gasteiger partial charge in [0.2, 0.25) is 5.13 Å². The number of aromatic nitrogens is 3. The molecule has 2 aromatic heterocycles. The molecule has 2 rings (SSSR count). The first-order valence-corrected chi connectivity index (χ1v) is 6.79. The van der Waals surface area contributed by atoms with E-state index in [1.807, 2.05) is 0 Å². The van der Waals surface area contributed by atoms with Crippen molar-refractivity contribution >= 4 is 17.3 Å². The van der Waals surface area contributed by atoms with Crippen molar-refractivity contribution in [1.82, 2.24) is 14.8 Å². The standard InChI is InChI=1S/C11H7F6N3O2S/c1-2-22-8(21)5-3-18-20(7(5)11(15,16)17)9-19-6(4-23-9)10(12,13)14/h3-4H,2H2,1H3. The molecule has 0 aliphatic rings. The zero-order valence-electron chi connectivity index (χ0n) is 11.2. The highest BCUT2D eigenvalue weighted by Gasteiger charge is 2.42. The summed E-state index contributed by atoms with van der Waals surface area (Å²) in [6, 6.07) is 0. The third-order valence-electron chi connectivity index (χ3n) is 2.50. The van der Waals surface area contributed by atoms with Gasteiger partial charge < -0.3 is 4.74 Å². The Morgan fingerprint density at radius 2 is 1.91 bits per heavy atom. The van der Waals surface area contributed by atoms with Crippen LogP contribution in [0.5, 0.6) is 0 Å². The van der Waals surface area contributed by atoms with E-state index in [9.17, 15) is 31.1 Å². The van der Waals surface area contributed by atoms with Crippen molar-refractivity contribution in [1.29, 1.82) is 0 Å². The maximum atomic E-state index is 13.2. The summed E-state index contributed by atoms with van der Waals surface area (Å²) in [6.45, 7) is 1.23. The normalized spacial score (nSPS) is 12.5. The van der Waals surface area contributed by atoms with Crippen molar-refractivity contribution in [3.8, 4) is 5.13 Å². The Morgan fingerprint density at radius 3 is 2.39 bits per heavy atom. The minimum atomic E-state index is -5.04. The maximum Gasteiger partial charge on any atom is 0.434 e. The van der Waals surface area contributed by atoms with Crippen LogP contribution in [0.2, 0.25) is 0 Å². The Bertz CT molecular complexity index is 718. The molecular formula is C11H7F6N3O2S. The number of hydrogen-bond acceptors (Lipinski definition) is 5. The number of carbonyl (C=O) groups excluding carboxylic acids is 1. The third-order valence-corrected chi connectivity index (χ3v) is 3.31. The predicted octanol–water partition coefficient (Wildman–Crippen LogP) is 3.54. The Hall–Kier alpha value is -2.11. The van der Waals surface area contributed by atoms with Crippen molar-refractivity contribution in [2.45, 2.75) is 19.3 Å². The fourth-order valence-corrected chi connectivity index (χ4v) is 2.41. The molecule has 0 saturated heterocycles. The van der Waals surface area contributed by atoms with Crippen molar-refractivity contribution in [2.75, 3.05) is 6.61 Å². The van der Waals surface area contributed by atoms with E-state index in [-0.39, 0.29) is 11.3 Å². The lowest BCUT2D eigenvalue weighted by Crippen LogP contribution is -2.18. The monoisotopic (exact) mass is 359 g/mol. The molecule has 0 N–H and O–H groups in total. The first kappa shape index (κ1) is 17.2. The molecule has 0 unspecified atom stereocenters. The van der Waals surface area contributed by atoms with E-state index in [4.69, 9.17) is 0 Å². The van der Waals surface area contributed by atoms with E-state index in [2.05, 4.69) is 14.8 Å². The average molecular weight is 359 g/mol. The summed E-state index contributed by atoms with van der Waals surface area (Å²) >= 11 is 0.315. The molecule has 0 saturated carbocycles. The van der Waals surface area contributed by atoms with Crippen LogP contribution in [0.4, 0.5) is 26.3 Å². The molecule has 0 aliphatic carbocycles. The van der Waals surface area contributed by atoms with Gasteiger partial charge in [0.05, 0.1) is 12.8 Å². The Kier molecular flexibility index (Phi) is 4.37. The quantitative estimate of drug-likeness (QED) is 0.621. The summed E-state index contributed by atoms with van der Waals surface area (Å²) < 4.78 is 81.6. The summed E-state index contributed by atoms with van der Waals surface area (Å²) in [6.07, 6.45) is -9.26. The molecule has 23 heavy (non-hydrogen) atoms. The van der Waals surface area contributed by atoms with E-state index in [1.54, 1.807) is 0 Å². The van der Waals surface area contributed by atoms with Gasteiger partial charge in [0, 0.05) is 5.38 Å². The summed E-state index contributed by atoms with van der Waals surface area (Å²) in [5.41, 5.74) is -3.79. The summed E-state index contributed by atoms with van der Waals surface area (Å²) in [5.74, 6) is -1.28. The van der Waals surface area contributed by atoms with Crippen molar-refractivity contribution < 1.29 is 35.9 Å². The molecule has 0 spiro atoms. The number of ether oxygens (including phenoxy) is 1. The zero-order valence-corrected chi connectivity index (χ0v) is 12.0. The van der Waals surface area contributed by atoms with Gasteiger partial charge in [0.25, 0.3) is 0 Å². The number of esters is 1. The molecule has 0 bridgehead atoms. The van der Waals surface area contributed by atoms with Crippen LogP contribution < -0.4 is 0 Å². The fourth-order valence-electron chi connectivity index (χ4n) is 1.62. The Morgan fingerprint density at radius 1 is 1.26 bits per heavy atom. The fraction of sp³-hybridized carbons (Fsp3) is 0.364. The summed E-state index contributed by atoms with van der Waals surface area (Å²) in [5, 5.41) is 3.22. The van der Waals surface area contributed by atoms with Gasteiger partial charge in [-0.15, -0.1) is 11.3 Å². The number of halogens is 6. The van der Waals surface area contributed by atoms with E-state index in [0.29, 0.717) is 22.9 Å². The summed E-state index contributed by atoms with van der Waals surface area (Å²) in [4.78, 5) is 14.6. The smallest absolute Gasteiger partial charge is 0.434 e. The number of alkyl halides is 6. The topological polar surface area (TPSA) is 57.0 Å². The van der Waals surface area contributed by atoms with Gasteiger partial charge in [0.15, 0.2) is 11.4 Å². The van der Waals surface area contributed by atoms with Crippen LogP contribution in [-0.2, 0) is 17.1 Å². The molecule has 12 heteroatoms. The van der Waals surface area contributed by atoms with Crippen LogP contribution in [0.1, 0.15) is 28.7 Å². The molecule has 2 heterocycles. The van der Waals surface area contributed by atoms with Crippen LogP contribution in [0.25, 0.3) is 5.13 Å². The second-order valence-electron chi connectivity index (χ2n) is 4.05. The van der Waals surface area contributed by atoms with Crippen LogP contribution in [-0.4, -0.2) is 27.3 Å². The Labute approximate surface area is 128 Å². The molecule has 126 valence electrons. The van der Waals surface area contributed by atoms with Gasteiger partial charge in [-0.3, -0.25) is 0 Å². The average Bonchev–Trinajstić information content (AvgIpc) is 3.04. The van der Waals surface area contributed by atoms with Crippen LogP contribution in [0, 0.1) is 0 Å². The molecule has 0 radical (unpaired) electrons. The van der Waals surface area contributed by atoms with Gasteiger partial charge in [-0.1, -0.05) is 0 Å².